The first kappa shape index (κ1) is 11.6. The lowest BCUT2D eigenvalue weighted by atomic mass is 10.1. The van der Waals surface area contributed by atoms with Gasteiger partial charge in [-0.2, -0.15) is 0 Å². The lowest BCUT2D eigenvalue weighted by Gasteiger charge is -2.11. The van der Waals surface area contributed by atoms with Gasteiger partial charge in [0, 0.05) is 5.69 Å². The van der Waals surface area contributed by atoms with Crippen molar-refractivity contribution in [3.05, 3.63) is 66.2 Å². The highest BCUT2D eigenvalue weighted by Crippen LogP contribution is 2.28. The Balaban J connectivity index is 2.00. The van der Waals surface area contributed by atoms with Gasteiger partial charge < -0.3 is 11.1 Å². The van der Waals surface area contributed by atoms with E-state index in [-0.39, 0.29) is 0 Å². The standard InChI is InChI=1S/C17H16N2/c1-12-6-8-15(9-7-12)19-17-11-14-5-3-2-4-13(14)10-16(17)18/h2-11,19H,18H2,1H3. The maximum atomic E-state index is 6.10. The summed E-state index contributed by atoms with van der Waals surface area (Å²) in [5.74, 6) is 0. The fourth-order valence-electron chi connectivity index (χ4n) is 2.16. The Kier molecular flexibility index (Phi) is 2.84. The van der Waals surface area contributed by atoms with Crippen LogP contribution in [-0.2, 0) is 0 Å². The normalized spacial score (nSPS) is 10.6. The second-order valence-electron chi connectivity index (χ2n) is 4.78. The highest BCUT2D eigenvalue weighted by Gasteiger charge is 2.02. The molecule has 0 bridgehead atoms. The molecule has 0 radical (unpaired) electrons. The lowest BCUT2D eigenvalue weighted by Crippen LogP contribution is -1.96. The predicted molar refractivity (Wildman–Crippen MR) is 82.8 cm³/mol. The molecule has 0 unspecified atom stereocenters. The zero-order valence-electron chi connectivity index (χ0n) is 10.9. The maximum Gasteiger partial charge on any atom is 0.0624 e. The topological polar surface area (TPSA) is 38.0 Å². The van der Waals surface area contributed by atoms with Crippen molar-refractivity contribution >= 4 is 27.8 Å². The molecule has 3 aromatic carbocycles. The van der Waals surface area contributed by atoms with E-state index in [9.17, 15) is 0 Å². The molecule has 19 heavy (non-hydrogen) atoms. The van der Waals surface area contributed by atoms with Gasteiger partial charge in [0.15, 0.2) is 0 Å². The average Bonchev–Trinajstić information content (AvgIpc) is 2.42. The van der Waals surface area contributed by atoms with Gasteiger partial charge in [-0.3, -0.25) is 0 Å². The zero-order valence-corrected chi connectivity index (χ0v) is 10.9. The Morgan fingerprint density at radius 1 is 0.842 bits per heavy atom. The van der Waals surface area contributed by atoms with Gasteiger partial charge in [-0.25, -0.2) is 0 Å². The van der Waals surface area contributed by atoms with Gasteiger partial charge in [-0.15, -0.1) is 0 Å². The van der Waals surface area contributed by atoms with Gasteiger partial charge in [-0.05, 0) is 42.0 Å². The minimum atomic E-state index is 0.763. The lowest BCUT2D eigenvalue weighted by molar-refractivity contribution is 1.46. The number of fused-ring (bicyclic) bond motifs is 1. The van der Waals surface area contributed by atoms with Gasteiger partial charge in [0.1, 0.15) is 0 Å². The smallest absolute Gasteiger partial charge is 0.0624 e. The molecule has 3 rings (SSSR count). The third-order valence-corrected chi connectivity index (χ3v) is 3.25. The first-order chi connectivity index (χ1) is 9.22. The molecular formula is C17H16N2. The van der Waals surface area contributed by atoms with Gasteiger partial charge in [-0.1, -0.05) is 42.0 Å². The highest BCUT2D eigenvalue weighted by molar-refractivity contribution is 5.92. The molecule has 2 nitrogen and oxygen atoms in total. The molecule has 94 valence electrons. The van der Waals surface area contributed by atoms with Crippen molar-refractivity contribution in [3.8, 4) is 0 Å². The molecule has 3 aromatic rings. The van der Waals surface area contributed by atoms with E-state index in [2.05, 4.69) is 54.7 Å². The minimum absolute atomic E-state index is 0.763. The van der Waals surface area contributed by atoms with Crippen LogP contribution in [0.5, 0.6) is 0 Å². The number of benzene rings is 3. The molecule has 0 heterocycles. The number of hydrogen-bond donors (Lipinski definition) is 2. The molecule has 0 amide bonds. The molecule has 0 atom stereocenters. The van der Waals surface area contributed by atoms with Crippen LogP contribution in [0.2, 0.25) is 0 Å². The Labute approximate surface area is 112 Å². The van der Waals surface area contributed by atoms with Crippen LogP contribution in [-0.4, -0.2) is 0 Å². The molecule has 3 N–H and O–H groups in total. The van der Waals surface area contributed by atoms with Crippen LogP contribution in [0, 0.1) is 6.92 Å². The second-order valence-corrected chi connectivity index (χ2v) is 4.78. The monoisotopic (exact) mass is 248 g/mol. The molecule has 0 spiro atoms. The van der Waals surface area contributed by atoms with Crippen molar-refractivity contribution in [2.24, 2.45) is 0 Å². The van der Waals surface area contributed by atoms with Crippen LogP contribution in [0.15, 0.2) is 60.7 Å². The summed E-state index contributed by atoms with van der Waals surface area (Å²) in [5.41, 5.74) is 10.1. The summed E-state index contributed by atoms with van der Waals surface area (Å²) in [6.45, 7) is 2.08. The van der Waals surface area contributed by atoms with Crippen LogP contribution in [0.3, 0.4) is 0 Å². The first-order valence-corrected chi connectivity index (χ1v) is 6.34. The number of rotatable bonds is 2. The largest absolute Gasteiger partial charge is 0.397 e. The van der Waals surface area contributed by atoms with Gasteiger partial charge in [0.05, 0.1) is 11.4 Å². The van der Waals surface area contributed by atoms with E-state index in [1.165, 1.54) is 10.9 Å². The van der Waals surface area contributed by atoms with Crippen LogP contribution < -0.4 is 11.1 Å². The molecule has 0 saturated heterocycles. The SMILES string of the molecule is Cc1ccc(Nc2cc3ccccc3cc2N)cc1. The summed E-state index contributed by atoms with van der Waals surface area (Å²) >= 11 is 0. The molecule has 0 aromatic heterocycles. The van der Waals surface area contributed by atoms with Crippen molar-refractivity contribution in [3.63, 3.8) is 0 Å². The third-order valence-electron chi connectivity index (χ3n) is 3.25. The summed E-state index contributed by atoms with van der Waals surface area (Å²) in [6, 6.07) is 20.6. The Morgan fingerprint density at radius 2 is 1.47 bits per heavy atom. The number of aryl methyl sites for hydroxylation is 1. The molecular weight excluding hydrogens is 232 g/mol. The van der Waals surface area contributed by atoms with Gasteiger partial charge in [0.2, 0.25) is 0 Å². The summed E-state index contributed by atoms with van der Waals surface area (Å²) in [6.07, 6.45) is 0. The molecule has 0 fully saturated rings. The summed E-state index contributed by atoms with van der Waals surface area (Å²) < 4.78 is 0. The number of anilines is 3. The molecule has 2 heteroatoms. The van der Waals surface area contributed by atoms with Gasteiger partial charge >= 0.3 is 0 Å². The molecule has 0 aliphatic carbocycles. The van der Waals surface area contributed by atoms with Crippen LogP contribution >= 0.6 is 0 Å². The van der Waals surface area contributed by atoms with Crippen molar-refractivity contribution in [1.29, 1.82) is 0 Å². The van der Waals surface area contributed by atoms with Gasteiger partial charge in [0.25, 0.3) is 0 Å². The zero-order chi connectivity index (χ0) is 13.2. The van der Waals surface area contributed by atoms with Crippen molar-refractivity contribution in [2.75, 3.05) is 11.1 Å². The quantitative estimate of drug-likeness (QED) is 0.656. The molecule has 0 aliphatic heterocycles. The van der Waals surface area contributed by atoms with E-state index in [0.29, 0.717) is 0 Å². The van der Waals surface area contributed by atoms with E-state index >= 15 is 0 Å². The average molecular weight is 248 g/mol. The second kappa shape index (κ2) is 4.65. The van der Waals surface area contributed by atoms with Crippen molar-refractivity contribution in [2.45, 2.75) is 6.92 Å². The van der Waals surface area contributed by atoms with E-state index in [4.69, 9.17) is 5.73 Å². The number of hydrogen-bond acceptors (Lipinski definition) is 2. The summed E-state index contributed by atoms with van der Waals surface area (Å²) in [7, 11) is 0. The van der Waals surface area contributed by atoms with E-state index in [0.717, 1.165) is 22.4 Å². The number of nitrogens with one attached hydrogen (secondary N) is 1. The van der Waals surface area contributed by atoms with Crippen LogP contribution in [0.4, 0.5) is 17.1 Å². The maximum absolute atomic E-state index is 6.10. The summed E-state index contributed by atoms with van der Waals surface area (Å²) in [4.78, 5) is 0. The first-order valence-electron chi connectivity index (χ1n) is 6.34. The summed E-state index contributed by atoms with van der Waals surface area (Å²) in [5, 5.41) is 5.71. The minimum Gasteiger partial charge on any atom is -0.397 e. The highest BCUT2D eigenvalue weighted by atomic mass is 14.9. The van der Waals surface area contributed by atoms with E-state index < -0.39 is 0 Å². The number of nitrogens with two attached hydrogens (primary N) is 1. The Hall–Kier alpha value is -2.48. The Bertz CT molecular complexity index is 715. The van der Waals surface area contributed by atoms with Crippen LogP contribution in [0.1, 0.15) is 5.56 Å². The fourth-order valence-corrected chi connectivity index (χ4v) is 2.16. The van der Waals surface area contributed by atoms with Crippen LogP contribution in [0.25, 0.3) is 10.8 Å². The van der Waals surface area contributed by atoms with Crippen molar-refractivity contribution < 1.29 is 0 Å². The third kappa shape index (κ3) is 2.38. The molecule has 0 saturated carbocycles. The molecule has 0 aliphatic rings. The Morgan fingerprint density at radius 3 is 2.16 bits per heavy atom. The predicted octanol–water partition coefficient (Wildman–Crippen LogP) is 4.47. The van der Waals surface area contributed by atoms with E-state index in [1.54, 1.807) is 0 Å². The van der Waals surface area contributed by atoms with Crippen molar-refractivity contribution in [1.82, 2.24) is 0 Å². The number of nitrogen functional groups attached to an aromatic ring is 1. The van der Waals surface area contributed by atoms with E-state index in [1.807, 2.05) is 18.2 Å². The fraction of sp³-hybridized carbons (Fsp3) is 0.0588.